The first-order valence-electron chi connectivity index (χ1n) is 9.63. The molecule has 0 bridgehead atoms. The summed E-state index contributed by atoms with van der Waals surface area (Å²) in [6.07, 6.45) is -0.709. The maximum Gasteiger partial charge on any atom is 0.142 e. The van der Waals surface area contributed by atoms with E-state index in [1.165, 1.54) is 0 Å². The van der Waals surface area contributed by atoms with Gasteiger partial charge in [0.25, 0.3) is 0 Å². The van der Waals surface area contributed by atoms with Crippen molar-refractivity contribution >= 4 is 11.6 Å². The molecule has 2 aromatic rings. The summed E-state index contributed by atoms with van der Waals surface area (Å²) >= 11 is 6.43. The summed E-state index contributed by atoms with van der Waals surface area (Å²) in [5.74, 6) is 0.849. The van der Waals surface area contributed by atoms with Gasteiger partial charge in [-0.05, 0) is 48.2 Å². The van der Waals surface area contributed by atoms with Gasteiger partial charge in [0.1, 0.15) is 17.5 Å². The van der Waals surface area contributed by atoms with Gasteiger partial charge in [-0.25, -0.2) is 0 Å². The van der Waals surface area contributed by atoms with Gasteiger partial charge in [0.05, 0.1) is 32.0 Å². The predicted octanol–water partition coefficient (Wildman–Crippen LogP) is 3.28. The first-order chi connectivity index (χ1) is 13.5. The average molecular weight is 405 g/mol. The Balaban J connectivity index is 1.52. The van der Waals surface area contributed by atoms with Gasteiger partial charge in [0.2, 0.25) is 0 Å². The molecule has 6 heteroatoms. The molecule has 0 amide bonds. The fraction of sp³-hybridized carbons (Fsp3) is 0.455. The molecule has 2 aliphatic rings. The van der Waals surface area contributed by atoms with Gasteiger partial charge in [-0.15, -0.1) is 0 Å². The molecule has 4 atom stereocenters. The molecule has 0 saturated carbocycles. The molecular weight excluding hydrogens is 380 g/mol. The van der Waals surface area contributed by atoms with Crippen LogP contribution in [-0.4, -0.2) is 47.8 Å². The molecule has 150 valence electrons. The van der Waals surface area contributed by atoms with Crippen LogP contribution in [0.25, 0.3) is 0 Å². The van der Waals surface area contributed by atoms with E-state index in [4.69, 9.17) is 25.8 Å². The summed E-state index contributed by atoms with van der Waals surface area (Å²) in [4.78, 5) is 0. The Morgan fingerprint density at radius 2 is 2.00 bits per heavy atom. The molecule has 2 saturated heterocycles. The smallest absolute Gasteiger partial charge is 0.142 e. The molecule has 2 aliphatic heterocycles. The Hall–Kier alpha value is -1.63. The third-order valence-electron chi connectivity index (χ3n) is 5.57. The molecule has 4 unspecified atom stereocenters. The number of rotatable bonds is 5. The van der Waals surface area contributed by atoms with Crippen LogP contribution in [0, 0.1) is 0 Å². The highest BCUT2D eigenvalue weighted by Crippen LogP contribution is 2.41. The zero-order valence-electron chi connectivity index (χ0n) is 15.8. The number of ether oxygens (including phenoxy) is 3. The Kier molecular flexibility index (Phi) is 5.63. The van der Waals surface area contributed by atoms with E-state index in [0.717, 1.165) is 22.4 Å². The molecular formula is C22H25ClO5. The van der Waals surface area contributed by atoms with Crippen molar-refractivity contribution in [3.8, 4) is 5.75 Å². The van der Waals surface area contributed by atoms with E-state index in [0.29, 0.717) is 24.5 Å². The van der Waals surface area contributed by atoms with Crippen molar-refractivity contribution in [3.63, 3.8) is 0 Å². The van der Waals surface area contributed by atoms with Crippen LogP contribution in [0.15, 0.2) is 42.5 Å². The van der Waals surface area contributed by atoms with Crippen molar-refractivity contribution in [2.24, 2.45) is 0 Å². The number of benzene rings is 2. The van der Waals surface area contributed by atoms with Crippen molar-refractivity contribution in [2.75, 3.05) is 19.8 Å². The van der Waals surface area contributed by atoms with Crippen molar-refractivity contribution in [3.05, 3.63) is 64.2 Å². The van der Waals surface area contributed by atoms with Crippen LogP contribution in [-0.2, 0) is 15.9 Å². The summed E-state index contributed by atoms with van der Waals surface area (Å²) in [6, 6.07) is 13.8. The minimum atomic E-state index is -1.31. The number of fused-ring (bicyclic) bond motifs is 1. The third-order valence-corrected chi connectivity index (χ3v) is 5.94. The zero-order valence-corrected chi connectivity index (χ0v) is 16.6. The Bertz CT molecular complexity index is 824. The van der Waals surface area contributed by atoms with Gasteiger partial charge in [-0.1, -0.05) is 35.9 Å². The van der Waals surface area contributed by atoms with Crippen LogP contribution in [0.3, 0.4) is 0 Å². The highest BCUT2D eigenvalue weighted by Gasteiger charge is 2.53. The van der Waals surface area contributed by atoms with Crippen LogP contribution in [0.2, 0.25) is 5.02 Å². The van der Waals surface area contributed by atoms with Gasteiger partial charge < -0.3 is 24.4 Å². The lowest BCUT2D eigenvalue weighted by molar-refractivity contribution is -0.207. The standard InChI is InChI=1S/C22H25ClO5/c1-2-27-17-6-3-14(4-7-17)9-16-10-15(5-8-18(16)23)19-11-20(24)22(25)13-26-12-21(22)28-19/h3-8,10,19-21,24-25H,2,9,11-13H2,1H3. The molecule has 0 aromatic heterocycles. The molecule has 0 spiro atoms. The number of hydrogen-bond acceptors (Lipinski definition) is 5. The summed E-state index contributed by atoms with van der Waals surface area (Å²) in [5.41, 5.74) is 1.75. The van der Waals surface area contributed by atoms with Gasteiger partial charge in [0.15, 0.2) is 0 Å². The van der Waals surface area contributed by atoms with Crippen molar-refractivity contribution in [1.82, 2.24) is 0 Å². The van der Waals surface area contributed by atoms with Gasteiger partial charge >= 0.3 is 0 Å². The molecule has 2 N–H and O–H groups in total. The summed E-state index contributed by atoms with van der Waals surface area (Å²) in [7, 11) is 0. The lowest BCUT2D eigenvalue weighted by Gasteiger charge is -2.41. The Labute approximate surface area is 169 Å². The van der Waals surface area contributed by atoms with E-state index in [1.54, 1.807) is 0 Å². The second-order valence-corrected chi connectivity index (χ2v) is 7.88. The second-order valence-electron chi connectivity index (χ2n) is 7.48. The topological polar surface area (TPSA) is 68.2 Å². The number of hydrogen-bond donors (Lipinski definition) is 2. The molecule has 28 heavy (non-hydrogen) atoms. The molecule has 0 aliphatic carbocycles. The third kappa shape index (κ3) is 3.78. The summed E-state index contributed by atoms with van der Waals surface area (Å²) in [6.45, 7) is 3.00. The Morgan fingerprint density at radius 3 is 2.75 bits per heavy atom. The van der Waals surface area contributed by atoms with Crippen LogP contribution in [0.4, 0.5) is 0 Å². The van der Waals surface area contributed by atoms with E-state index >= 15 is 0 Å². The van der Waals surface area contributed by atoms with Crippen LogP contribution in [0.5, 0.6) is 5.75 Å². The fourth-order valence-electron chi connectivity index (χ4n) is 3.93. The molecule has 2 heterocycles. The Morgan fingerprint density at radius 1 is 1.21 bits per heavy atom. The summed E-state index contributed by atoms with van der Waals surface area (Å²) in [5, 5.41) is 21.7. The van der Waals surface area contributed by atoms with Crippen LogP contribution >= 0.6 is 11.6 Å². The maximum absolute atomic E-state index is 10.6. The van der Waals surface area contributed by atoms with E-state index < -0.39 is 17.8 Å². The zero-order chi connectivity index (χ0) is 19.7. The molecule has 4 rings (SSSR count). The minimum Gasteiger partial charge on any atom is -0.494 e. The normalized spacial score (nSPS) is 29.5. The highest BCUT2D eigenvalue weighted by molar-refractivity contribution is 6.31. The molecule has 5 nitrogen and oxygen atoms in total. The first-order valence-corrected chi connectivity index (χ1v) is 10.0. The van der Waals surface area contributed by atoms with Crippen molar-refractivity contribution in [2.45, 2.75) is 43.7 Å². The fourth-order valence-corrected chi connectivity index (χ4v) is 4.11. The van der Waals surface area contributed by atoms with Crippen molar-refractivity contribution in [1.29, 1.82) is 0 Å². The van der Waals surface area contributed by atoms with Gasteiger partial charge in [0, 0.05) is 11.4 Å². The number of halogens is 1. The molecule has 2 fully saturated rings. The first kappa shape index (κ1) is 19.7. The molecule has 2 aromatic carbocycles. The van der Waals surface area contributed by atoms with Crippen LogP contribution in [0.1, 0.15) is 36.1 Å². The van der Waals surface area contributed by atoms with Gasteiger partial charge in [-0.3, -0.25) is 0 Å². The lowest BCUT2D eigenvalue weighted by atomic mass is 9.84. The highest BCUT2D eigenvalue weighted by atomic mass is 35.5. The summed E-state index contributed by atoms with van der Waals surface area (Å²) < 4.78 is 16.9. The van der Waals surface area contributed by atoms with E-state index in [1.807, 2.05) is 49.4 Å². The maximum atomic E-state index is 10.6. The number of aliphatic hydroxyl groups excluding tert-OH is 1. The quantitative estimate of drug-likeness (QED) is 0.800. The van der Waals surface area contributed by atoms with E-state index in [-0.39, 0.29) is 19.3 Å². The second kappa shape index (κ2) is 8.01. The lowest BCUT2D eigenvalue weighted by Crippen LogP contribution is -2.56. The monoisotopic (exact) mass is 404 g/mol. The van der Waals surface area contributed by atoms with Crippen LogP contribution < -0.4 is 4.74 Å². The number of aliphatic hydroxyl groups is 2. The molecule has 0 radical (unpaired) electrons. The largest absolute Gasteiger partial charge is 0.494 e. The predicted molar refractivity (Wildman–Crippen MR) is 106 cm³/mol. The van der Waals surface area contributed by atoms with Gasteiger partial charge in [-0.2, -0.15) is 0 Å². The van der Waals surface area contributed by atoms with E-state index in [2.05, 4.69) is 0 Å². The van der Waals surface area contributed by atoms with E-state index in [9.17, 15) is 10.2 Å². The SMILES string of the molecule is CCOc1ccc(Cc2cc(C3CC(O)C4(O)COCC4O3)ccc2Cl)cc1. The minimum absolute atomic E-state index is 0.106. The average Bonchev–Trinajstić information content (AvgIpc) is 3.08. The van der Waals surface area contributed by atoms with Crippen molar-refractivity contribution < 1.29 is 24.4 Å².